The number of allylic oxidation sites excluding steroid dienone is 2. The topological polar surface area (TPSA) is 21.7 Å². The van der Waals surface area contributed by atoms with Gasteiger partial charge in [0.05, 0.1) is 13.7 Å². The van der Waals surface area contributed by atoms with E-state index < -0.39 is 0 Å². The first-order valence-corrected chi connectivity index (χ1v) is 15.3. The molecule has 0 N–H and O–H groups in total. The summed E-state index contributed by atoms with van der Waals surface area (Å²) in [5.41, 5.74) is 8.80. The molecule has 5 aromatic carbocycles. The van der Waals surface area contributed by atoms with Gasteiger partial charge in [-0.15, -0.1) is 0 Å². The van der Waals surface area contributed by atoms with Crippen molar-refractivity contribution in [1.29, 1.82) is 0 Å². The zero-order valence-corrected chi connectivity index (χ0v) is 25.8. The second-order valence-corrected chi connectivity index (χ2v) is 11.4. The van der Waals surface area contributed by atoms with Crippen molar-refractivity contribution in [3.05, 3.63) is 85.0 Å². The molecule has 214 valence electrons. The Morgan fingerprint density at radius 2 is 1.19 bits per heavy atom. The SMILES string of the molecule is C=C(CCC)c1cc(OC)c2c3ccc4c5c(ccc(c6c(OCC)cc(C(=C)CCC)c1c26)c53)C(=C)N(CC)C4=C. The number of fused-ring (bicyclic) bond motifs is 2. The molecule has 0 aliphatic carbocycles. The summed E-state index contributed by atoms with van der Waals surface area (Å²) >= 11 is 0. The summed E-state index contributed by atoms with van der Waals surface area (Å²) in [7, 11) is 1.77. The van der Waals surface area contributed by atoms with Crippen LogP contribution in [0.15, 0.2) is 62.7 Å². The molecule has 3 heteroatoms. The van der Waals surface area contributed by atoms with Crippen LogP contribution >= 0.6 is 0 Å². The zero-order chi connectivity index (χ0) is 29.9. The Morgan fingerprint density at radius 1 is 0.667 bits per heavy atom. The van der Waals surface area contributed by atoms with Crippen molar-refractivity contribution >= 4 is 65.6 Å². The first kappa shape index (κ1) is 27.9. The van der Waals surface area contributed by atoms with Crippen LogP contribution in [-0.4, -0.2) is 25.2 Å². The van der Waals surface area contributed by atoms with Crippen molar-refractivity contribution in [3.63, 3.8) is 0 Å². The van der Waals surface area contributed by atoms with Crippen LogP contribution in [0.4, 0.5) is 0 Å². The maximum absolute atomic E-state index is 6.49. The first-order chi connectivity index (χ1) is 20.3. The van der Waals surface area contributed by atoms with E-state index in [9.17, 15) is 0 Å². The van der Waals surface area contributed by atoms with Gasteiger partial charge in [-0.2, -0.15) is 0 Å². The molecule has 3 nitrogen and oxygen atoms in total. The molecule has 0 spiro atoms. The van der Waals surface area contributed by atoms with E-state index in [0.717, 1.165) is 99.3 Å². The predicted molar refractivity (Wildman–Crippen MR) is 184 cm³/mol. The van der Waals surface area contributed by atoms with Crippen LogP contribution in [0.1, 0.15) is 75.6 Å². The van der Waals surface area contributed by atoms with Crippen LogP contribution in [-0.2, 0) is 0 Å². The lowest BCUT2D eigenvalue weighted by molar-refractivity contribution is 0.344. The molecule has 0 unspecified atom stereocenters. The molecule has 0 saturated heterocycles. The van der Waals surface area contributed by atoms with Crippen molar-refractivity contribution in [2.45, 2.75) is 53.4 Å². The van der Waals surface area contributed by atoms with Crippen LogP contribution in [0.25, 0.3) is 65.6 Å². The standard InChI is InChI=1S/C39H41NO2/c1-10-14-22(5)30-20-32(41-9)37-28-18-16-26-24(7)40(12-3)25(8)27-17-19-29(35(28)34(26)27)38-33(42-13-4)21-31(23(6)15-11-2)36(30)39(37)38/h16-21H,5-8,10-15H2,1-4,9H3. The molecular weight excluding hydrogens is 514 g/mol. The highest BCUT2D eigenvalue weighted by atomic mass is 16.5. The van der Waals surface area contributed by atoms with E-state index in [1.165, 1.54) is 32.3 Å². The molecule has 0 saturated carbocycles. The third-order valence-corrected chi connectivity index (χ3v) is 9.01. The maximum Gasteiger partial charge on any atom is 0.128 e. The minimum atomic E-state index is 0.570. The highest BCUT2D eigenvalue weighted by Crippen LogP contribution is 2.54. The van der Waals surface area contributed by atoms with Gasteiger partial charge in [0, 0.05) is 50.6 Å². The van der Waals surface area contributed by atoms with Crippen LogP contribution in [0, 0.1) is 0 Å². The Balaban J connectivity index is 1.92. The number of methoxy groups -OCH3 is 1. The lowest BCUT2D eigenvalue weighted by atomic mass is 9.80. The average Bonchev–Trinajstić information content (AvgIpc) is 2.99. The van der Waals surface area contributed by atoms with Gasteiger partial charge in [-0.25, -0.2) is 0 Å². The Hall–Kier alpha value is -4.24. The van der Waals surface area contributed by atoms with E-state index in [0.29, 0.717) is 6.61 Å². The van der Waals surface area contributed by atoms with Crippen LogP contribution < -0.4 is 9.47 Å². The van der Waals surface area contributed by atoms with Gasteiger partial charge in [0.1, 0.15) is 11.5 Å². The molecule has 42 heavy (non-hydrogen) atoms. The van der Waals surface area contributed by atoms with Crippen LogP contribution in [0.2, 0.25) is 0 Å². The molecule has 1 heterocycles. The fraction of sp³-hybridized carbons (Fsp3) is 0.282. The Kier molecular flexibility index (Phi) is 7.01. The summed E-state index contributed by atoms with van der Waals surface area (Å²) in [5, 5.41) is 9.33. The number of ether oxygens (including phenoxy) is 2. The fourth-order valence-electron chi connectivity index (χ4n) is 7.21. The highest BCUT2D eigenvalue weighted by molar-refractivity contribution is 6.38. The van der Waals surface area contributed by atoms with Crippen LogP contribution in [0.3, 0.4) is 0 Å². The van der Waals surface area contributed by atoms with E-state index in [1.807, 2.05) is 0 Å². The number of hydrogen-bond donors (Lipinski definition) is 0. The first-order valence-electron chi connectivity index (χ1n) is 15.3. The van der Waals surface area contributed by atoms with E-state index >= 15 is 0 Å². The quantitative estimate of drug-likeness (QED) is 0.126. The van der Waals surface area contributed by atoms with Crippen molar-refractivity contribution in [1.82, 2.24) is 4.90 Å². The molecule has 1 aliphatic rings. The van der Waals surface area contributed by atoms with Gasteiger partial charge in [-0.1, -0.05) is 77.3 Å². The van der Waals surface area contributed by atoms with Crippen LogP contribution in [0.5, 0.6) is 11.5 Å². The Bertz CT molecular complexity index is 1940. The highest BCUT2D eigenvalue weighted by Gasteiger charge is 2.29. The second-order valence-electron chi connectivity index (χ2n) is 11.4. The van der Waals surface area contributed by atoms with E-state index in [4.69, 9.17) is 9.47 Å². The van der Waals surface area contributed by atoms with Gasteiger partial charge in [0.15, 0.2) is 0 Å². The molecular formula is C39H41NO2. The van der Waals surface area contributed by atoms with Gasteiger partial charge >= 0.3 is 0 Å². The molecule has 5 aromatic rings. The van der Waals surface area contributed by atoms with E-state index in [-0.39, 0.29) is 0 Å². The Morgan fingerprint density at radius 3 is 1.67 bits per heavy atom. The summed E-state index contributed by atoms with van der Waals surface area (Å²) < 4.78 is 12.7. The molecule has 6 rings (SSSR count). The normalized spacial score (nSPS) is 13.2. The lowest BCUT2D eigenvalue weighted by Crippen LogP contribution is -2.23. The molecule has 0 fully saturated rings. The monoisotopic (exact) mass is 555 g/mol. The molecule has 0 amide bonds. The van der Waals surface area contributed by atoms with Crippen molar-refractivity contribution in [2.75, 3.05) is 20.3 Å². The van der Waals surface area contributed by atoms with Gasteiger partial charge in [0.2, 0.25) is 0 Å². The van der Waals surface area contributed by atoms with Crippen molar-refractivity contribution in [3.8, 4) is 11.5 Å². The molecule has 0 radical (unpaired) electrons. The second kappa shape index (κ2) is 10.5. The third-order valence-electron chi connectivity index (χ3n) is 9.01. The summed E-state index contributed by atoms with van der Waals surface area (Å²) in [5.74, 6) is 1.74. The van der Waals surface area contributed by atoms with E-state index in [2.05, 4.69) is 95.3 Å². The number of hydrogen-bond acceptors (Lipinski definition) is 3. The summed E-state index contributed by atoms with van der Waals surface area (Å²) in [4.78, 5) is 2.21. The number of nitrogens with zero attached hydrogens (tertiary/aromatic N) is 1. The van der Waals surface area contributed by atoms with Gasteiger partial charge in [-0.05, 0) is 82.6 Å². The minimum absolute atomic E-state index is 0.570. The number of rotatable bonds is 10. The maximum atomic E-state index is 6.49. The van der Waals surface area contributed by atoms with Gasteiger partial charge in [0.25, 0.3) is 0 Å². The third kappa shape index (κ3) is 3.79. The summed E-state index contributed by atoms with van der Waals surface area (Å²) in [6.07, 6.45) is 3.88. The molecule has 0 bridgehead atoms. The molecule has 0 aromatic heterocycles. The van der Waals surface area contributed by atoms with Gasteiger partial charge < -0.3 is 14.4 Å². The molecule has 0 atom stereocenters. The lowest BCUT2D eigenvalue weighted by Gasteiger charge is -2.35. The average molecular weight is 556 g/mol. The van der Waals surface area contributed by atoms with Crippen molar-refractivity contribution < 1.29 is 9.47 Å². The predicted octanol–water partition coefficient (Wildman–Crippen LogP) is 11.0. The molecule has 1 aliphatic heterocycles. The largest absolute Gasteiger partial charge is 0.496 e. The zero-order valence-electron chi connectivity index (χ0n) is 25.8. The minimum Gasteiger partial charge on any atom is -0.496 e. The summed E-state index contributed by atoms with van der Waals surface area (Å²) in [6, 6.07) is 13.4. The summed E-state index contributed by atoms with van der Waals surface area (Å²) in [6.45, 7) is 28.1. The van der Waals surface area contributed by atoms with Crippen molar-refractivity contribution in [2.24, 2.45) is 0 Å². The number of benzene rings is 5. The van der Waals surface area contributed by atoms with E-state index in [1.54, 1.807) is 7.11 Å². The Labute approximate surface area is 249 Å². The smallest absolute Gasteiger partial charge is 0.128 e. The van der Waals surface area contributed by atoms with Gasteiger partial charge in [-0.3, -0.25) is 0 Å². The fourth-order valence-corrected chi connectivity index (χ4v) is 7.21.